The molecule has 2 atom stereocenters. The van der Waals surface area contributed by atoms with Crippen LogP contribution in [0.4, 0.5) is 4.79 Å². The Morgan fingerprint density at radius 3 is 2.21 bits per heavy atom. The van der Waals surface area contributed by atoms with Crippen molar-refractivity contribution < 1.29 is 14.3 Å². The van der Waals surface area contributed by atoms with Crippen LogP contribution in [0.5, 0.6) is 0 Å². The Kier molecular flexibility index (Phi) is 7.20. The van der Waals surface area contributed by atoms with Crippen LogP contribution in [0.25, 0.3) is 0 Å². The Morgan fingerprint density at radius 2 is 1.69 bits per heavy atom. The fourth-order valence-electron chi connectivity index (χ4n) is 4.48. The third kappa shape index (κ3) is 5.43. The van der Waals surface area contributed by atoms with E-state index in [4.69, 9.17) is 9.47 Å². The number of hydrogen-bond acceptors (Lipinski definition) is 3. The third-order valence-electron chi connectivity index (χ3n) is 5.51. The highest BCUT2D eigenvalue weighted by Gasteiger charge is 2.46. The molecule has 0 saturated carbocycles. The van der Waals surface area contributed by atoms with Gasteiger partial charge in [0, 0.05) is 24.4 Å². The zero-order valence-corrected chi connectivity index (χ0v) is 19.2. The fourth-order valence-corrected chi connectivity index (χ4v) is 4.48. The normalized spacial score (nSPS) is 22.3. The quantitative estimate of drug-likeness (QED) is 0.503. The van der Waals surface area contributed by atoms with Crippen molar-refractivity contribution >= 4 is 6.09 Å². The summed E-state index contributed by atoms with van der Waals surface area (Å²) in [5.74, 6) is 0.931. The summed E-state index contributed by atoms with van der Waals surface area (Å²) < 4.78 is 12.0. The van der Waals surface area contributed by atoms with Gasteiger partial charge in [0.15, 0.2) is 0 Å². The molecule has 1 aromatic rings. The molecule has 1 amide bonds. The molecule has 1 aliphatic rings. The van der Waals surface area contributed by atoms with Crippen LogP contribution >= 0.6 is 0 Å². The minimum atomic E-state index is -0.512. The molecule has 0 aliphatic carbocycles. The molecule has 160 valence electrons. The Hall–Kier alpha value is -2.23. The molecule has 0 N–H and O–H groups in total. The van der Waals surface area contributed by atoms with E-state index in [2.05, 4.69) is 39.0 Å². The Labute approximate surface area is 176 Å². The fraction of sp³-hybridized carbons (Fsp3) is 0.560. The summed E-state index contributed by atoms with van der Waals surface area (Å²) in [6.07, 6.45) is 6.17. The van der Waals surface area contributed by atoms with Gasteiger partial charge >= 0.3 is 6.09 Å². The average molecular weight is 400 g/mol. The molecule has 0 radical (unpaired) electrons. The predicted molar refractivity (Wildman–Crippen MR) is 118 cm³/mol. The van der Waals surface area contributed by atoms with Crippen molar-refractivity contribution in [1.29, 1.82) is 0 Å². The SMILES string of the molecule is CC1=CC(C)(C)C[C@@](c2ccccc2)([C@@H](C)/C=C\OC(=O)N(C(C)C)C(C)C)O1. The lowest BCUT2D eigenvalue weighted by Crippen LogP contribution is -2.43. The van der Waals surface area contributed by atoms with Gasteiger partial charge < -0.3 is 14.4 Å². The van der Waals surface area contributed by atoms with E-state index in [1.54, 1.807) is 4.90 Å². The minimum Gasteiger partial charge on any atom is -0.487 e. The van der Waals surface area contributed by atoms with Crippen LogP contribution in [0.15, 0.2) is 54.5 Å². The van der Waals surface area contributed by atoms with Crippen LogP contribution in [-0.4, -0.2) is 23.1 Å². The summed E-state index contributed by atoms with van der Waals surface area (Å²) >= 11 is 0. The van der Waals surface area contributed by atoms with E-state index in [1.807, 2.05) is 58.9 Å². The molecule has 1 heterocycles. The molecule has 0 saturated heterocycles. The number of benzene rings is 1. The molecule has 0 unspecified atom stereocenters. The van der Waals surface area contributed by atoms with Gasteiger partial charge in [-0.05, 0) is 57.7 Å². The van der Waals surface area contributed by atoms with Crippen molar-refractivity contribution in [3.8, 4) is 0 Å². The molecule has 1 aliphatic heterocycles. The lowest BCUT2D eigenvalue weighted by atomic mass is 9.69. The standard InChI is InChI=1S/C25H37NO3/c1-18(2)26(19(3)4)23(27)28-15-14-20(5)25(22-12-10-9-11-13-22)17-24(7,8)16-21(6)29-25/h9-16,18-20H,17H2,1-8H3/b15-14-/t20-,25-/m0/s1. The first-order valence-electron chi connectivity index (χ1n) is 10.6. The van der Waals surface area contributed by atoms with Crippen LogP contribution < -0.4 is 0 Å². The summed E-state index contributed by atoms with van der Waals surface area (Å²) in [5, 5.41) is 0. The average Bonchev–Trinajstić information content (AvgIpc) is 2.59. The van der Waals surface area contributed by atoms with Gasteiger partial charge in [-0.1, -0.05) is 51.1 Å². The first-order chi connectivity index (χ1) is 13.5. The highest BCUT2D eigenvalue weighted by molar-refractivity contribution is 5.69. The van der Waals surface area contributed by atoms with E-state index in [9.17, 15) is 4.79 Å². The Bertz CT molecular complexity index is 741. The second-order valence-electron chi connectivity index (χ2n) is 9.37. The number of ether oxygens (including phenoxy) is 2. The number of amides is 1. The molecular formula is C25H37NO3. The molecule has 2 rings (SSSR count). The highest BCUT2D eigenvalue weighted by Crippen LogP contribution is 2.49. The smallest absolute Gasteiger partial charge is 0.415 e. The van der Waals surface area contributed by atoms with Crippen molar-refractivity contribution in [2.75, 3.05) is 0 Å². The number of carbonyl (C=O) groups is 1. The largest absolute Gasteiger partial charge is 0.487 e. The van der Waals surface area contributed by atoms with Gasteiger partial charge in [0.05, 0.1) is 12.0 Å². The van der Waals surface area contributed by atoms with Crippen molar-refractivity contribution in [3.05, 3.63) is 60.1 Å². The second-order valence-corrected chi connectivity index (χ2v) is 9.37. The van der Waals surface area contributed by atoms with E-state index in [0.29, 0.717) is 0 Å². The van der Waals surface area contributed by atoms with Crippen molar-refractivity contribution in [2.24, 2.45) is 11.3 Å². The highest BCUT2D eigenvalue weighted by atomic mass is 16.5. The van der Waals surface area contributed by atoms with Gasteiger partial charge in [-0.3, -0.25) is 0 Å². The summed E-state index contributed by atoms with van der Waals surface area (Å²) in [4.78, 5) is 14.2. The van der Waals surface area contributed by atoms with Crippen molar-refractivity contribution in [2.45, 2.75) is 79.5 Å². The number of nitrogens with zero attached hydrogens (tertiary/aromatic N) is 1. The lowest BCUT2D eigenvalue weighted by molar-refractivity contribution is -0.0755. The summed E-state index contributed by atoms with van der Waals surface area (Å²) in [6, 6.07) is 10.5. The van der Waals surface area contributed by atoms with Crippen LogP contribution in [0.1, 0.15) is 67.4 Å². The monoisotopic (exact) mass is 399 g/mol. The third-order valence-corrected chi connectivity index (χ3v) is 5.51. The van der Waals surface area contributed by atoms with Gasteiger partial charge in [-0.2, -0.15) is 0 Å². The second kappa shape index (κ2) is 9.06. The van der Waals surface area contributed by atoms with Crippen LogP contribution in [-0.2, 0) is 15.1 Å². The molecule has 0 aromatic heterocycles. The number of rotatable bonds is 6. The van der Waals surface area contributed by atoms with E-state index in [1.165, 1.54) is 6.26 Å². The lowest BCUT2D eigenvalue weighted by Gasteiger charge is -2.46. The number of hydrogen-bond donors (Lipinski definition) is 0. The molecule has 0 spiro atoms. The zero-order chi connectivity index (χ0) is 21.8. The minimum absolute atomic E-state index is 0.00301. The van der Waals surface area contributed by atoms with Crippen LogP contribution in [0.3, 0.4) is 0 Å². The van der Waals surface area contributed by atoms with Gasteiger partial charge in [-0.15, -0.1) is 0 Å². The molecule has 0 fully saturated rings. The molecule has 29 heavy (non-hydrogen) atoms. The summed E-state index contributed by atoms with van der Waals surface area (Å²) in [5.41, 5.74) is 0.626. The van der Waals surface area contributed by atoms with Crippen molar-refractivity contribution in [3.63, 3.8) is 0 Å². The zero-order valence-electron chi connectivity index (χ0n) is 19.2. The predicted octanol–water partition coefficient (Wildman–Crippen LogP) is 6.64. The van der Waals surface area contributed by atoms with Crippen LogP contribution in [0.2, 0.25) is 0 Å². The maximum atomic E-state index is 12.5. The van der Waals surface area contributed by atoms with E-state index < -0.39 is 5.60 Å². The van der Waals surface area contributed by atoms with Gasteiger partial charge in [0.2, 0.25) is 0 Å². The first kappa shape index (κ1) is 23.1. The summed E-state index contributed by atoms with van der Waals surface area (Å²) in [6.45, 7) is 16.6. The number of carbonyl (C=O) groups excluding carboxylic acids is 1. The molecular weight excluding hydrogens is 362 g/mol. The first-order valence-corrected chi connectivity index (χ1v) is 10.6. The molecule has 4 nitrogen and oxygen atoms in total. The van der Waals surface area contributed by atoms with Crippen molar-refractivity contribution in [1.82, 2.24) is 4.90 Å². The van der Waals surface area contributed by atoms with E-state index in [0.717, 1.165) is 17.7 Å². The van der Waals surface area contributed by atoms with Gasteiger partial charge in [0.1, 0.15) is 5.60 Å². The topological polar surface area (TPSA) is 38.8 Å². The molecule has 0 bridgehead atoms. The Balaban J connectivity index is 2.28. The maximum absolute atomic E-state index is 12.5. The molecule has 1 aromatic carbocycles. The number of allylic oxidation sites excluding steroid dienone is 2. The van der Waals surface area contributed by atoms with Gasteiger partial charge in [-0.25, -0.2) is 4.79 Å². The van der Waals surface area contributed by atoms with Crippen LogP contribution in [0, 0.1) is 11.3 Å². The van der Waals surface area contributed by atoms with E-state index in [-0.39, 0.29) is 29.5 Å². The molecule has 4 heteroatoms. The Morgan fingerprint density at radius 1 is 1.10 bits per heavy atom. The van der Waals surface area contributed by atoms with Gasteiger partial charge in [0.25, 0.3) is 0 Å². The maximum Gasteiger partial charge on any atom is 0.415 e. The summed E-state index contributed by atoms with van der Waals surface area (Å²) in [7, 11) is 0. The van der Waals surface area contributed by atoms with E-state index >= 15 is 0 Å².